The number of hydrogen-bond acceptors (Lipinski definition) is 7. The molecule has 0 amide bonds. The monoisotopic (exact) mass is 444 g/mol. The molecule has 1 heterocycles. The molecule has 1 aromatic heterocycles. The van der Waals surface area contributed by atoms with Crippen molar-refractivity contribution in [3.8, 4) is 11.5 Å². The van der Waals surface area contributed by atoms with E-state index >= 15 is 0 Å². The fourth-order valence-electron chi connectivity index (χ4n) is 3.07. The molecule has 0 saturated heterocycles. The summed E-state index contributed by atoms with van der Waals surface area (Å²) >= 11 is 0. The van der Waals surface area contributed by atoms with E-state index in [9.17, 15) is 14.7 Å². The van der Waals surface area contributed by atoms with Crippen LogP contribution >= 0.6 is 0 Å². The number of anilines is 1. The number of nitrogens with zero attached hydrogens (tertiary/aromatic N) is 2. The molecule has 3 N–H and O–H groups in total. The molecule has 0 spiro atoms. The van der Waals surface area contributed by atoms with Gasteiger partial charge in [-0.2, -0.15) is 0 Å². The van der Waals surface area contributed by atoms with E-state index in [1.807, 2.05) is 13.8 Å². The standard InChI is InChI=1S/C23H32N4O5/c1-6-9-18(24)19-20(25-7-2)21(28)27(15(3)26-19)12-13-31-16-10-8-11-17(14-16)32-23(4,5)22(29)30/h8,10-11,14,24-25H,6-7,9,12-13H2,1-5H3,(H,29,30). The quantitative estimate of drug-likeness (QED) is 0.428. The Morgan fingerprint density at radius 3 is 2.59 bits per heavy atom. The number of carboxylic acids is 1. The van der Waals surface area contributed by atoms with Gasteiger partial charge in [-0.1, -0.05) is 19.4 Å². The molecule has 0 aliphatic heterocycles. The lowest BCUT2D eigenvalue weighted by Gasteiger charge is -2.21. The molecular weight excluding hydrogens is 412 g/mol. The first-order valence-electron chi connectivity index (χ1n) is 10.7. The highest BCUT2D eigenvalue weighted by atomic mass is 16.5. The maximum Gasteiger partial charge on any atom is 0.347 e. The van der Waals surface area contributed by atoms with Crippen molar-refractivity contribution in [3.05, 3.63) is 46.1 Å². The Hall–Kier alpha value is -3.36. The predicted molar refractivity (Wildman–Crippen MR) is 123 cm³/mol. The van der Waals surface area contributed by atoms with Crippen LogP contribution in [0.25, 0.3) is 0 Å². The zero-order valence-electron chi connectivity index (χ0n) is 19.3. The van der Waals surface area contributed by atoms with Crippen molar-refractivity contribution in [2.45, 2.75) is 59.6 Å². The summed E-state index contributed by atoms with van der Waals surface area (Å²) in [4.78, 5) is 28.8. The van der Waals surface area contributed by atoms with Gasteiger partial charge in [0, 0.05) is 12.6 Å². The molecule has 0 bridgehead atoms. The second-order valence-electron chi connectivity index (χ2n) is 7.84. The van der Waals surface area contributed by atoms with Gasteiger partial charge in [0.05, 0.1) is 12.3 Å². The van der Waals surface area contributed by atoms with Gasteiger partial charge in [0.1, 0.15) is 35.3 Å². The molecular formula is C23H32N4O5. The van der Waals surface area contributed by atoms with Gasteiger partial charge in [0.2, 0.25) is 0 Å². The summed E-state index contributed by atoms with van der Waals surface area (Å²) in [5, 5.41) is 20.5. The van der Waals surface area contributed by atoms with Crippen LogP contribution in [0.2, 0.25) is 0 Å². The summed E-state index contributed by atoms with van der Waals surface area (Å²) in [6.07, 6.45) is 1.35. The highest BCUT2D eigenvalue weighted by Gasteiger charge is 2.29. The lowest BCUT2D eigenvalue weighted by Crippen LogP contribution is -2.37. The Bertz CT molecular complexity index is 1030. The predicted octanol–water partition coefficient (Wildman–Crippen LogP) is 3.47. The molecule has 9 heteroatoms. The second kappa shape index (κ2) is 10.8. The van der Waals surface area contributed by atoms with Crippen molar-refractivity contribution in [2.24, 2.45) is 0 Å². The highest BCUT2D eigenvalue weighted by molar-refractivity contribution is 6.01. The van der Waals surface area contributed by atoms with E-state index in [-0.39, 0.29) is 18.7 Å². The zero-order chi connectivity index (χ0) is 23.9. The van der Waals surface area contributed by atoms with Crippen molar-refractivity contribution in [3.63, 3.8) is 0 Å². The molecule has 0 atom stereocenters. The zero-order valence-corrected chi connectivity index (χ0v) is 19.3. The van der Waals surface area contributed by atoms with E-state index in [1.54, 1.807) is 31.2 Å². The largest absolute Gasteiger partial charge is 0.492 e. The van der Waals surface area contributed by atoms with Gasteiger partial charge in [0.15, 0.2) is 5.60 Å². The molecule has 1 aromatic carbocycles. The molecule has 0 aliphatic carbocycles. The first-order valence-corrected chi connectivity index (χ1v) is 10.7. The Morgan fingerprint density at radius 1 is 1.28 bits per heavy atom. The average molecular weight is 445 g/mol. The molecule has 0 unspecified atom stereocenters. The minimum Gasteiger partial charge on any atom is -0.492 e. The molecule has 32 heavy (non-hydrogen) atoms. The van der Waals surface area contributed by atoms with Gasteiger partial charge in [0.25, 0.3) is 5.56 Å². The van der Waals surface area contributed by atoms with Gasteiger partial charge in [-0.25, -0.2) is 9.78 Å². The first kappa shape index (κ1) is 24.9. The third-order valence-electron chi connectivity index (χ3n) is 4.78. The number of carboxylic acid groups (broad SMARTS) is 1. The van der Waals surface area contributed by atoms with Crippen LogP contribution < -0.4 is 20.3 Å². The van der Waals surface area contributed by atoms with Crippen molar-refractivity contribution < 1.29 is 19.4 Å². The summed E-state index contributed by atoms with van der Waals surface area (Å²) < 4.78 is 12.8. The lowest BCUT2D eigenvalue weighted by atomic mass is 10.1. The lowest BCUT2D eigenvalue weighted by molar-refractivity contribution is -0.152. The topological polar surface area (TPSA) is 127 Å². The van der Waals surface area contributed by atoms with E-state index in [0.29, 0.717) is 47.4 Å². The van der Waals surface area contributed by atoms with Crippen molar-refractivity contribution in [1.82, 2.24) is 9.55 Å². The van der Waals surface area contributed by atoms with Crippen LogP contribution in [0.15, 0.2) is 29.1 Å². The van der Waals surface area contributed by atoms with E-state index < -0.39 is 11.6 Å². The Labute approximate surface area is 187 Å². The number of ether oxygens (including phenoxy) is 2. The summed E-state index contributed by atoms with van der Waals surface area (Å²) in [5.74, 6) is 0.309. The summed E-state index contributed by atoms with van der Waals surface area (Å²) in [6.45, 7) is 9.56. The maximum atomic E-state index is 13.1. The van der Waals surface area contributed by atoms with Gasteiger partial charge in [-0.05, 0) is 46.2 Å². The Morgan fingerprint density at radius 2 is 1.97 bits per heavy atom. The third kappa shape index (κ3) is 6.09. The summed E-state index contributed by atoms with van der Waals surface area (Å²) in [5.41, 5.74) is -0.528. The van der Waals surface area contributed by atoms with Gasteiger partial charge in [-0.3, -0.25) is 9.36 Å². The third-order valence-corrected chi connectivity index (χ3v) is 4.78. The number of rotatable bonds is 12. The number of nitrogens with one attached hydrogen (secondary N) is 2. The minimum absolute atomic E-state index is 0.200. The molecule has 0 fully saturated rings. The number of hydrogen-bond donors (Lipinski definition) is 3. The average Bonchev–Trinajstić information content (AvgIpc) is 2.72. The first-order chi connectivity index (χ1) is 15.1. The number of benzene rings is 1. The normalized spacial score (nSPS) is 11.2. The number of aryl methyl sites for hydroxylation is 1. The Kier molecular flexibility index (Phi) is 8.40. The maximum absolute atomic E-state index is 13.1. The molecule has 2 rings (SSSR count). The van der Waals surface area contributed by atoms with E-state index in [1.165, 1.54) is 18.4 Å². The van der Waals surface area contributed by atoms with Crippen LogP contribution in [-0.4, -0.2) is 45.1 Å². The van der Waals surface area contributed by atoms with Crippen molar-refractivity contribution in [2.75, 3.05) is 18.5 Å². The van der Waals surface area contributed by atoms with E-state index in [2.05, 4.69) is 10.3 Å². The number of aliphatic carboxylic acids is 1. The fourth-order valence-corrected chi connectivity index (χ4v) is 3.07. The van der Waals surface area contributed by atoms with Crippen LogP contribution in [0, 0.1) is 12.3 Å². The van der Waals surface area contributed by atoms with E-state index in [0.717, 1.165) is 6.42 Å². The van der Waals surface area contributed by atoms with Crippen LogP contribution in [0.3, 0.4) is 0 Å². The van der Waals surface area contributed by atoms with Crippen LogP contribution in [0.5, 0.6) is 11.5 Å². The number of carbonyl (C=O) groups is 1. The molecule has 2 aromatic rings. The van der Waals surface area contributed by atoms with Crippen LogP contribution in [-0.2, 0) is 11.3 Å². The summed E-state index contributed by atoms with van der Waals surface area (Å²) in [6, 6.07) is 6.70. The highest BCUT2D eigenvalue weighted by Crippen LogP contribution is 2.24. The van der Waals surface area contributed by atoms with Crippen molar-refractivity contribution in [1.29, 1.82) is 5.41 Å². The number of aromatic nitrogens is 2. The SMILES string of the molecule is CCCC(=N)c1nc(C)n(CCOc2cccc(OC(C)(C)C(=O)O)c2)c(=O)c1NCC. The molecule has 0 radical (unpaired) electrons. The van der Waals surface area contributed by atoms with Crippen molar-refractivity contribution >= 4 is 17.4 Å². The Balaban J connectivity index is 2.17. The molecule has 9 nitrogen and oxygen atoms in total. The molecule has 174 valence electrons. The summed E-state index contributed by atoms with van der Waals surface area (Å²) in [7, 11) is 0. The van der Waals surface area contributed by atoms with Gasteiger partial charge in [-0.15, -0.1) is 0 Å². The van der Waals surface area contributed by atoms with Crippen LogP contribution in [0.1, 0.15) is 52.1 Å². The van der Waals surface area contributed by atoms with Gasteiger partial charge < -0.3 is 25.3 Å². The molecule has 0 aliphatic rings. The fraction of sp³-hybridized carbons (Fsp3) is 0.478. The molecule has 0 saturated carbocycles. The van der Waals surface area contributed by atoms with E-state index in [4.69, 9.17) is 14.9 Å². The van der Waals surface area contributed by atoms with Crippen LogP contribution in [0.4, 0.5) is 5.69 Å². The van der Waals surface area contributed by atoms with Gasteiger partial charge >= 0.3 is 5.97 Å². The second-order valence-corrected chi connectivity index (χ2v) is 7.84. The minimum atomic E-state index is -1.37. The smallest absolute Gasteiger partial charge is 0.347 e.